The lowest BCUT2D eigenvalue weighted by Gasteiger charge is -2.11. The van der Waals surface area contributed by atoms with Gasteiger partial charge in [0.2, 0.25) is 0 Å². The van der Waals surface area contributed by atoms with Crippen molar-refractivity contribution in [2.45, 2.75) is 11.8 Å². The van der Waals surface area contributed by atoms with Crippen LogP contribution in [0, 0.1) is 12.7 Å². The molecule has 0 heterocycles. The molecule has 2 aromatic rings. The normalized spacial score (nSPS) is 11.3. The largest absolute Gasteiger partial charge is 0.398 e. The van der Waals surface area contributed by atoms with Crippen LogP contribution >= 0.6 is 11.6 Å². The average Bonchev–Trinajstić information content (AvgIpc) is 2.33. The van der Waals surface area contributed by atoms with Gasteiger partial charge < -0.3 is 5.73 Å². The zero-order chi connectivity index (χ0) is 14.9. The number of benzene rings is 2. The second kappa shape index (κ2) is 5.30. The maximum Gasteiger partial charge on any atom is 0.263 e. The first kappa shape index (κ1) is 14.6. The molecule has 0 amide bonds. The molecule has 0 aliphatic rings. The summed E-state index contributed by atoms with van der Waals surface area (Å²) >= 11 is 5.93. The molecule has 0 aromatic heterocycles. The van der Waals surface area contributed by atoms with Crippen molar-refractivity contribution in [3.05, 3.63) is 52.8 Å². The fraction of sp³-hybridized carbons (Fsp3) is 0.0769. The van der Waals surface area contributed by atoms with Gasteiger partial charge in [-0.2, -0.15) is 0 Å². The van der Waals surface area contributed by atoms with Gasteiger partial charge in [-0.05, 0) is 42.8 Å². The topological polar surface area (TPSA) is 72.2 Å². The van der Waals surface area contributed by atoms with Crippen molar-refractivity contribution in [2.24, 2.45) is 0 Å². The van der Waals surface area contributed by atoms with Crippen LogP contribution in [0.1, 0.15) is 5.56 Å². The number of sulfonamides is 1. The highest BCUT2D eigenvalue weighted by molar-refractivity contribution is 7.92. The van der Waals surface area contributed by atoms with Gasteiger partial charge in [-0.15, -0.1) is 0 Å². The molecule has 0 radical (unpaired) electrons. The molecule has 0 unspecified atom stereocenters. The summed E-state index contributed by atoms with van der Waals surface area (Å²) in [5.74, 6) is -0.597. The molecule has 20 heavy (non-hydrogen) atoms. The van der Waals surface area contributed by atoms with E-state index < -0.39 is 15.8 Å². The highest BCUT2D eigenvalue weighted by Gasteiger charge is 2.18. The third-order valence-electron chi connectivity index (χ3n) is 2.69. The first-order valence-corrected chi connectivity index (χ1v) is 7.50. The number of halogens is 2. The van der Waals surface area contributed by atoms with Crippen LogP contribution in [0.15, 0.2) is 41.3 Å². The molecule has 0 saturated carbocycles. The molecule has 0 bridgehead atoms. The second-order valence-electron chi connectivity index (χ2n) is 4.25. The Kier molecular flexibility index (Phi) is 3.87. The van der Waals surface area contributed by atoms with E-state index >= 15 is 0 Å². The predicted octanol–water partition coefficient (Wildman–Crippen LogP) is 3.17. The molecule has 2 aromatic carbocycles. The van der Waals surface area contributed by atoms with E-state index in [1.165, 1.54) is 6.07 Å². The molecule has 0 aliphatic heterocycles. The zero-order valence-corrected chi connectivity index (χ0v) is 12.1. The third kappa shape index (κ3) is 3.02. The van der Waals surface area contributed by atoms with Crippen molar-refractivity contribution in [3.63, 3.8) is 0 Å². The molecule has 0 aliphatic carbocycles. The molecule has 0 atom stereocenters. The summed E-state index contributed by atoms with van der Waals surface area (Å²) in [5.41, 5.74) is 6.51. The van der Waals surface area contributed by atoms with E-state index in [0.29, 0.717) is 10.7 Å². The molecule has 0 spiro atoms. The molecular formula is C13H12ClFN2O2S. The molecule has 3 N–H and O–H groups in total. The maximum absolute atomic E-state index is 12.9. The van der Waals surface area contributed by atoms with Gasteiger partial charge in [-0.25, -0.2) is 12.8 Å². The molecule has 2 rings (SSSR count). The Morgan fingerprint density at radius 1 is 1.20 bits per heavy atom. The zero-order valence-electron chi connectivity index (χ0n) is 10.5. The Hall–Kier alpha value is -1.79. The number of anilines is 2. The highest BCUT2D eigenvalue weighted by atomic mass is 35.5. The minimum atomic E-state index is -3.89. The summed E-state index contributed by atoms with van der Waals surface area (Å²) in [6.45, 7) is 1.80. The lowest BCUT2D eigenvalue weighted by atomic mass is 10.2. The SMILES string of the molecule is Cc1ccc(NS(=O)(=O)c2ccc(F)cc2N)cc1Cl. The van der Waals surface area contributed by atoms with E-state index in [1.807, 2.05) is 0 Å². The van der Waals surface area contributed by atoms with Gasteiger partial charge in [-0.3, -0.25) is 4.72 Å². The number of rotatable bonds is 3. The van der Waals surface area contributed by atoms with Crippen molar-refractivity contribution in [1.29, 1.82) is 0 Å². The van der Waals surface area contributed by atoms with E-state index in [-0.39, 0.29) is 10.6 Å². The van der Waals surface area contributed by atoms with Crippen LogP contribution in [0.2, 0.25) is 5.02 Å². The molecule has 7 heteroatoms. The monoisotopic (exact) mass is 314 g/mol. The van der Waals surface area contributed by atoms with Gasteiger partial charge in [0.05, 0.1) is 11.4 Å². The number of hydrogen-bond acceptors (Lipinski definition) is 3. The Labute approximate surface area is 121 Å². The fourth-order valence-electron chi connectivity index (χ4n) is 1.63. The number of nitrogens with two attached hydrogens (primary N) is 1. The van der Waals surface area contributed by atoms with Crippen LogP contribution in [-0.2, 0) is 10.0 Å². The molecule has 0 fully saturated rings. The van der Waals surface area contributed by atoms with Gasteiger partial charge in [0.25, 0.3) is 10.0 Å². The molecule has 0 saturated heterocycles. The standard InChI is InChI=1S/C13H12ClFN2O2S/c1-8-2-4-10(7-11(8)14)17-20(18,19)13-5-3-9(15)6-12(13)16/h2-7,17H,16H2,1H3. The fourth-order valence-corrected chi connectivity index (χ4v) is 2.97. The van der Waals surface area contributed by atoms with Crippen molar-refractivity contribution < 1.29 is 12.8 Å². The van der Waals surface area contributed by atoms with Crippen molar-refractivity contribution in [3.8, 4) is 0 Å². The molecule has 106 valence electrons. The van der Waals surface area contributed by atoms with Crippen molar-refractivity contribution in [1.82, 2.24) is 0 Å². The minimum Gasteiger partial charge on any atom is -0.398 e. The number of hydrogen-bond donors (Lipinski definition) is 2. The Morgan fingerprint density at radius 2 is 1.90 bits per heavy atom. The number of nitrogens with one attached hydrogen (secondary N) is 1. The summed E-state index contributed by atoms with van der Waals surface area (Å²) in [6.07, 6.45) is 0. The number of aryl methyl sites for hydroxylation is 1. The van der Waals surface area contributed by atoms with Crippen LogP contribution < -0.4 is 10.5 Å². The van der Waals surface area contributed by atoms with Crippen LogP contribution in [0.25, 0.3) is 0 Å². The van der Waals surface area contributed by atoms with Crippen LogP contribution in [0.4, 0.5) is 15.8 Å². The van der Waals surface area contributed by atoms with E-state index in [2.05, 4.69) is 4.72 Å². The summed E-state index contributed by atoms with van der Waals surface area (Å²) in [7, 11) is -3.89. The van der Waals surface area contributed by atoms with Gasteiger partial charge in [0.15, 0.2) is 0 Å². The van der Waals surface area contributed by atoms with Crippen molar-refractivity contribution in [2.75, 3.05) is 10.5 Å². The first-order valence-electron chi connectivity index (χ1n) is 5.63. The third-order valence-corrected chi connectivity index (χ3v) is 4.55. The van der Waals surface area contributed by atoms with E-state index in [4.69, 9.17) is 17.3 Å². The number of nitrogen functional groups attached to an aromatic ring is 1. The van der Waals surface area contributed by atoms with E-state index in [9.17, 15) is 12.8 Å². The van der Waals surface area contributed by atoms with Crippen LogP contribution in [0.5, 0.6) is 0 Å². The Morgan fingerprint density at radius 3 is 2.50 bits per heavy atom. The summed E-state index contributed by atoms with van der Waals surface area (Å²) < 4.78 is 39.6. The van der Waals surface area contributed by atoms with Gasteiger partial charge >= 0.3 is 0 Å². The minimum absolute atomic E-state index is 0.157. The Bertz CT molecular complexity index is 763. The van der Waals surface area contributed by atoms with Crippen LogP contribution in [0.3, 0.4) is 0 Å². The lowest BCUT2D eigenvalue weighted by Crippen LogP contribution is -2.15. The summed E-state index contributed by atoms with van der Waals surface area (Å²) in [4.78, 5) is -0.185. The predicted molar refractivity (Wildman–Crippen MR) is 77.8 cm³/mol. The highest BCUT2D eigenvalue weighted by Crippen LogP contribution is 2.25. The lowest BCUT2D eigenvalue weighted by molar-refractivity contribution is 0.600. The first-order chi connectivity index (χ1) is 9.29. The van der Waals surface area contributed by atoms with Gasteiger partial charge in [-0.1, -0.05) is 17.7 Å². The summed E-state index contributed by atoms with van der Waals surface area (Å²) in [5, 5.41) is 0.442. The molecular weight excluding hydrogens is 303 g/mol. The van der Waals surface area contributed by atoms with Crippen LogP contribution in [-0.4, -0.2) is 8.42 Å². The van der Waals surface area contributed by atoms with E-state index in [0.717, 1.165) is 23.8 Å². The summed E-state index contributed by atoms with van der Waals surface area (Å²) in [6, 6.07) is 7.87. The second-order valence-corrected chi connectivity index (χ2v) is 6.31. The van der Waals surface area contributed by atoms with Gasteiger partial charge in [0.1, 0.15) is 10.7 Å². The smallest absolute Gasteiger partial charge is 0.263 e. The van der Waals surface area contributed by atoms with Crippen molar-refractivity contribution >= 4 is 33.0 Å². The maximum atomic E-state index is 12.9. The quantitative estimate of drug-likeness (QED) is 0.855. The average molecular weight is 315 g/mol. The molecule has 4 nitrogen and oxygen atoms in total. The van der Waals surface area contributed by atoms with E-state index in [1.54, 1.807) is 19.1 Å². The van der Waals surface area contributed by atoms with Gasteiger partial charge in [0, 0.05) is 5.02 Å². The Balaban J connectivity index is 2.38.